The summed E-state index contributed by atoms with van der Waals surface area (Å²) in [6.45, 7) is 1.53. The Morgan fingerprint density at radius 2 is 2.00 bits per heavy atom. The van der Waals surface area contributed by atoms with Crippen LogP contribution in [0.4, 0.5) is 11.4 Å². The van der Waals surface area contributed by atoms with Crippen LogP contribution < -0.4 is 15.5 Å². The van der Waals surface area contributed by atoms with Crippen molar-refractivity contribution in [1.82, 2.24) is 5.32 Å². The van der Waals surface area contributed by atoms with Crippen molar-refractivity contribution in [2.24, 2.45) is 0 Å². The number of anilines is 2. The number of halogens is 1. The van der Waals surface area contributed by atoms with Gasteiger partial charge in [0.2, 0.25) is 5.91 Å². The van der Waals surface area contributed by atoms with E-state index >= 15 is 0 Å². The largest absolute Gasteiger partial charge is 0.359 e. The first-order valence-electron chi connectivity index (χ1n) is 5.77. The molecule has 1 saturated heterocycles. The highest BCUT2D eigenvalue weighted by Crippen LogP contribution is 2.35. The van der Waals surface area contributed by atoms with Gasteiger partial charge in [0.1, 0.15) is 0 Å². The maximum atomic E-state index is 11.6. The number of carbonyl (C=O) groups is 3. The number of piperazine rings is 1. The van der Waals surface area contributed by atoms with Gasteiger partial charge >= 0.3 is 0 Å². The fourth-order valence-corrected chi connectivity index (χ4v) is 2.84. The predicted octanol–water partition coefficient (Wildman–Crippen LogP) is 0.520. The molecule has 2 aliphatic heterocycles. The quantitative estimate of drug-likeness (QED) is 0.739. The molecule has 1 aromatic carbocycles. The van der Waals surface area contributed by atoms with E-state index in [1.807, 2.05) is 4.90 Å². The lowest BCUT2D eigenvalue weighted by molar-refractivity contribution is -0.120. The highest BCUT2D eigenvalue weighted by atomic mass is 79.9. The lowest BCUT2D eigenvalue weighted by Gasteiger charge is -2.29. The molecule has 0 spiro atoms. The van der Waals surface area contributed by atoms with E-state index in [9.17, 15) is 14.4 Å². The Bertz CT molecular complexity index is 614. The van der Waals surface area contributed by atoms with E-state index in [-0.39, 0.29) is 12.5 Å². The van der Waals surface area contributed by atoms with E-state index in [2.05, 4.69) is 26.6 Å². The molecule has 0 aliphatic carbocycles. The van der Waals surface area contributed by atoms with Gasteiger partial charge in [0.25, 0.3) is 11.7 Å². The minimum Gasteiger partial charge on any atom is -0.359 e. The summed E-state index contributed by atoms with van der Waals surface area (Å²) in [6, 6.07) is 3.35. The van der Waals surface area contributed by atoms with Gasteiger partial charge in [-0.15, -0.1) is 0 Å². The summed E-state index contributed by atoms with van der Waals surface area (Å²) >= 11 is 3.39. The van der Waals surface area contributed by atoms with E-state index in [0.717, 1.165) is 5.69 Å². The molecular weight excluding hydrogens is 314 g/mol. The van der Waals surface area contributed by atoms with Crippen LogP contribution in [0.15, 0.2) is 16.6 Å². The van der Waals surface area contributed by atoms with Crippen molar-refractivity contribution >= 4 is 44.9 Å². The zero-order valence-corrected chi connectivity index (χ0v) is 11.4. The first-order chi connectivity index (χ1) is 9.06. The molecular formula is C12H10BrN3O3. The number of fused-ring (bicyclic) bond motifs is 1. The summed E-state index contributed by atoms with van der Waals surface area (Å²) in [5, 5.41) is 5.28. The minimum absolute atomic E-state index is 0.0428. The van der Waals surface area contributed by atoms with Crippen LogP contribution >= 0.6 is 15.9 Å². The van der Waals surface area contributed by atoms with Gasteiger partial charge in [-0.25, -0.2) is 0 Å². The highest BCUT2D eigenvalue weighted by Gasteiger charge is 2.30. The monoisotopic (exact) mass is 323 g/mol. The summed E-state index contributed by atoms with van der Waals surface area (Å²) in [4.78, 5) is 36.2. The van der Waals surface area contributed by atoms with Crippen LogP contribution in [-0.2, 0) is 9.59 Å². The molecule has 3 rings (SSSR count). The average Bonchev–Trinajstić information content (AvgIpc) is 2.65. The zero-order valence-electron chi connectivity index (χ0n) is 9.83. The third-order valence-electron chi connectivity index (χ3n) is 3.17. The Morgan fingerprint density at radius 1 is 1.21 bits per heavy atom. The van der Waals surface area contributed by atoms with Gasteiger partial charge in [-0.3, -0.25) is 14.4 Å². The number of ketones is 1. The average molecular weight is 324 g/mol. The van der Waals surface area contributed by atoms with Crippen molar-refractivity contribution in [3.05, 3.63) is 22.2 Å². The zero-order chi connectivity index (χ0) is 13.6. The number of amides is 2. The fraction of sp³-hybridized carbons (Fsp3) is 0.250. The van der Waals surface area contributed by atoms with Crippen LogP contribution in [-0.4, -0.2) is 37.2 Å². The molecule has 2 N–H and O–H groups in total. The van der Waals surface area contributed by atoms with Gasteiger partial charge in [-0.1, -0.05) is 0 Å². The Labute approximate surface area is 117 Å². The normalized spacial score (nSPS) is 18.2. The van der Waals surface area contributed by atoms with Crippen LogP contribution in [0.25, 0.3) is 0 Å². The number of hydrogen-bond acceptors (Lipinski definition) is 4. The molecule has 2 heterocycles. The van der Waals surface area contributed by atoms with Gasteiger partial charge in [-0.2, -0.15) is 0 Å². The third-order valence-corrected chi connectivity index (χ3v) is 3.80. The lowest BCUT2D eigenvalue weighted by Crippen LogP contribution is -2.47. The molecule has 0 saturated carbocycles. The number of Topliss-reactive ketones (excluding diaryl/α,β-unsaturated/α-hetero) is 1. The van der Waals surface area contributed by atoms with Crippen LogP contribution in [0.5, 0.6) is 0 Å². The number of nitrogens with zero attached hydrogens (tertiary/aromatic N) is 1. The maximum absolute atomic E-state index is 11.6. The fourth-order valence-electron chi connectivity index (χ4n) is 2.24. The van der Waals surface area contributed by atoms with E-state index in [0.29, 0.717) is 28.8 Å². The number of carbonyl (C=O) groups excluding carboxylic acids is 3. The van der Waals surface area contributed by atoms with Crippen molar-refractivity contribution < 1.29 is 14.4 Å². The van der Waals surface area contributed by atoms with Crippen LogP contribution in [0.2, 0.25) is 0 Å². The van der Waals surface area contributed by atoms with Crippen LogP contribution in [0.3, 0.4) is 0 Å². The van der Waals surface area contributed by atoms with Crippen LogP contribution in [0, 0.1) is 0 Å². The smallest absolute Gasteiger partial charge is 0.296 e. The molecule has 1 aromatic rings. The Balaban J connectivity index is 2.00. The van der Waals surface area contributed by atoms with Gasteiger partial charge < -0.3 is 15.5 Å². The number of rotatable bonds is 1. The molecule has 2 aliphatic rings. The SMILES string of the molecule is O=C1CN(c2cc3c(cc2Br)C(=O)C(=O)N3)CCN1. The highest BCUT2D eigenvalue weighted by molar-refractivity contribution is 9.10. The summed E-state index contributed by atoms with van der Waals surface area (Å²) < 4.78 is 0.700. The van der Waals surface area contributed by atoms with Crippen molar-refractivity contribution in [1.29, 1.82) is 0 Å². The van der Waals surface area contributed by atoms with Gasteiger partial charge in [0.05, 0.1) is 23.5 Å². The van der Waals surface area contributed by atoms with Gasteiger partial charge in [0, 0.05) is 17.6 Å². The first kappa shape index (κ1) is 12.2. The number of benzene rings is 1. The van der Waals surface area contributed by atoms with E-state index < -0.39 is 11.7 Å². The summed E-state index contributed by atoms with van der Waals surface area (Å²) in [5.41, 5.74) is 1.66. The number of hydrogen-bond donors (Lipinski definition) is 2. The molecule has 6 nitrogen and oxygen atoms in total. The summed E-state index contributed by atoms with van der Waals surface area (Å²) in [5.74, 6) is -1.19. The van der Waals surface area contributed by atoms with Crippen molar-refractivity contribution in [3.63, 3.8) is 0 Å². The first-order valence-corrected chi connectivity index (χ1v) is 6.56. The Morgan fingerprint density at radius 3 is 2.74 bits per heavy atom. The molecule has 0 radical (unpaired) electrons. The van der Waals surface area contributed by atoms with Crippen LogP contribution in [0.1, 0.15) is 10.4 Å². The number of nitrogens with one attached hydrogen (secondary N) is 2. The molecule has 19 heavy (non-hydrogen) atoms. The van der Waals surface area contributed by atoms with E-state index in [4.69, 9.17) is 0 Å². The summed E-state index contributed by atoms with van der Waals surface area (Å²) in [7, 11) is 0. The molecule has 0 bridgehead atoms. The van der Waals surface area contributed by atoms with Crippen molar-refractivity contribution in [2.45, 2.75) is 0 Å². The Kier molecular flexibility index (Phi) is 2.78. The topological polar surface area (TPSA) is 78.5 Å². The third kappa shape index (κ3) is 1.99. The molecule has 2 amide bonds. The maximum Gasteiger partial charge on any atom is 0.296 e. The second-order valence-electron chi connectivity index (χ2n) is 4.40. The van der Waals surface area contributed by atoms with Crippen molar-refractivity contribution in [3.8, 4) is 0 Å². The molecule has 0 aromatic heterocycles. The second kappa shape index (κ2) is 4.34. The molecule has 0 unspecified atom stereocenters. The Hall–Kier alpha value is -1.89. The van der Waals surface area contributed by atoms with Gasteiger partial charge in [-0.05, 0) is 28.1 Å². The minimum atomic E-state index is -0.615. The van der Waals surface area contributed by atoms with Gasteiger partial charge in [0.15, 0.2) is 0 Å². The lowest BCUT2D eigenvalue weighted by atomic mass is 10.1. The standard InChI is InChI=1S/C12H10BrN3O3/c13-7-3-6-8(15-12(19)11(6)18)4-9(7)16-2-1-14-10(17)5-16/h3-4H,1-2,5H2,(H,14,17)(H,15,18,19). The molecule has 7 heteroatoms. The predicted molar refractivity (Wildman–Crippen MR) is 72.3 cm³/mol. The molecule has 0 atom stereocenters. The molecule has 98 valence electrons. The molecule has 1 fully saturated rings. The second-order valence-corrected chi connectivity index (χ2v) is 5.26. The van der Waals surface area contributed by atoms with Crippen molar-refractivity contribution in [2.75, 3.05) is 29.9 Å². The van der Waals surface area contributed by atoms with E-state index in [1.54, 1.807) is 12.1 Å². The van der Waals surface area contributed by atoms with E-state index in [1.165, 1.54) is 0 Å². The summed E-state index contributed by atoms with van der Waals surface area (Å²) in [6.07, 6.45) is 0.